The third-order valence-electron chi connectivity index (χ3n) is 2.62. The standard InChI is InChI=1S/C15H22N2O3/c1-3-4-8-16-14(18)10-20-11-15(19)17-13-7-5-6-12(2)9-13/h5-7,9H,3-4,8,10-11H2,1-2H3,(H,16,18)(H,17,19). The van der Waals surface area contributed by atoms with Crippen molar-refractivity contribution < 1.29 is 14.3 Å². The summed E-state index contributed by atoms with van der Waals surface area (Å²) in [5.74, 6) is -0.459. The van der Waals surface area contributed by atoms with Gasteiger partial charge in [-0.3, -0.25) is 9.59 Å². The number of amides is 2. The van der Waals surface area contributed by atoms with E-state index < -0.39 is 0 Å². The van der Waals surface area contributed by atoms with Crippen molar-refractivity contribution in [2.75, 3.05) is 25.1 Å². The highest BCUT2D eigenvalue weighted by atomic mass is 16.5. The fourth-order valence-electron chi connectivity index (χ4n) is 1.61. The number of hydrogen-bond donors (Lipinski definition) is 2. The van der Waals surface area contributed by atoms with Crippen LogP contribution in [-0.4, -0.2) is 31.6 Å². The van der Waals surface area contributed by atoms with Crippen LogP contribution in [0.4, 0.5) is 5.69 Å². The Balaban J connectivity index is 2.18. The number of hydrogen-bond acceptors (Lipinski definition) is 3. The van der Waals surface area contributed by atoms with Gasteiger partial charge in [-0.1, -0.05) is 25.5 Å². The van der Waals surface area contributed by atoms with E-state index in [1.54, 1.807) is 0 Å². The summed E-state index contributed by atoms with van der Waals surface area (Å²) in [6.07, 6.45) is 1.97. The summed E-state index contributed by atoms with van der Waals surface area (Å²) < 4.78 is 5.07. The van der Waals surface area contributed by atoms with Crippen LogP contribution in [0.5, 0.6) is 0 Å². The predicted octanol–water partition coefficient (Wildman–Crippen LogP) is 1.87. The molecule has 1 aromatic rings. The lowest BCUT2D eigenvalue weighted by Gasteiger charge is -2.07. The molecule has 5 nitrogen and oxygen atoms in total. The van der Waals surface area contributed by atoms with E-state index in [1.165, 1.54) is 0 Å². The van der Waals surface area contributed by atoms with E-state index in [0.29, 0.717) is 6.54 Å². The normalized spacial score (nSPS) is 10.1. The first-order chi connectivity index (χ1) is 9.61. The van der Waals surface area contributed by atoms with Crippen molar-refractivity contribution in [3.05, 3.63) is 29.8 Å². The molecule has 0 saturated heterocycles. The Morgan fingerprint density at radius 1 is 1.20 bits per heavy atom. The van der Waals surface area contributed by atoms with E-state index in [0.717, 1.165) is 24.1 Å². The summed E-state index contributed by atoms with van der Waals surface area (Å²) in [5, 5.41) is 5.43. The van der Waals surface area contributed by atoms with Gasteiger partial charge in [-0.25, -0.2) is 0 Å². The molecule has 2 N–H and O–H groups in total. The smallest absolute Gasteiger partial charge is 0.250 e. The summed E-state index contributed by atoms with van der Waals surface area (Å²) in [6, 6.07) is 7.50. The number of anilines is 1. The number of carbonyl (C=O) groups is 2. The maximum Gasteiger partial charge on any atom is 0.250 e. The molecule has 0 aliphatic rings. The molecule has 20 heavy (non-hydrogen) atoms. The van der Waals surface area contributed by atoms with Crippen LogP contribution >= 0.6 is 0 Å². The molecule has 2 amide bonds. The second kappa shape index (κ2) is 9.09. The minimum atomic E-state index is -0.267. The Morgan fingerprint density at radius 3 is 2.65 bits per heavy atom. The van der Waals surface area contributed by atoms with E-state index in [2.05, 4.69) is 17.6 Å². The van der Waals surface area contributed by atoms with Gasteiger partial charge in [0.25, 0.3) is 0 Å². The zero-order chi connectivity index (χ0) is 14.8. The van der Waals surface area contributed by atoms with Crippen molar-refractivity contribution in [2.45, 2.75) is 26.7 Å². The molecule has 0 aromatic heterocycles. The van der Waals surface area contributed by atoms with E-state index in [9.17, 15) is 9.59 Å². The van der Waals surface area contributed by atoms with E-state index in [-0.39, 0.29) is 25.0 Å². The topological polar surface area (TPSA) is 67.4 Å². The first-order valence-corrected chi connectivity index (χ1v) is 6.82. The number of benzene rings is 1. The maximum absolute atomic E-state index is 11.6. The summed E-state index contributed by atoms with van der Waals surface area (Å²) in [7, 11) is 0. The third-order valence-corrected chi connectivity index (χ3v) is 2.62. The molecule has 0 unspecified atom stereocenters. The molecule has 0 spiro atoms. The van der Waals surface area contributed by atoms with Crippen molar-refractivity contribution in [1.82, 2.24) is 5.32 Å². The summed E-state index contributed by atoms with van der Waals surface area (Å²) >= 11 is 0. The molecule has 5 heteroatoms. The van der Waals surface area contributed by atoms with Crippen molar-refractivity contribution in [3.63, 3.8) is 0 Å². The van der Waals surface area contributed by atoms with Crippen molar-refractivity contribution in [3.8, 4) is 0 Å². The lowest BCUT2D eigenvalue weighted by Crippen LogP contribution is -2.30. The van der Waals surface area contributed by atoms with Gasteiger partial charge in [0.1, 0.15) is 13.2 Å². The van der Waals surface area contributed by atoms with E-state index in [4.69, 9.17) is 4.74 Å². The van der Waals surface area contributed by atoms with Crippen LogP contribution in [-0.2, 0) is 14.3 Å². The Morgan fingerprint density at radius 2 is 1.95 bits per heavy atom. The molecular formula is C15H22N2O3. The van der Waals surface area contributed by atoms with Gasteiger partial charge in [-0.15, -0.1) is 0 Å². The number of ether oxygens (including phenoxy) is 1. The molecular weight excluding hydrogens is 256 g/mol. The number of nitrogens with one attached hydrogen (secondary N) is 2. The van der Waals surface area contributed by atoms with Gasteiger partial charge in [-0.05, 0) is 31.0 Å². The van der Waals surface area contributed by atoms with Crippen LogP contribution in [0.15, 0.2) is 24.3 Å². The number of unbranched alkanes of at least 4 members (excludes halogenated alkanes) is 1. The second-order valence-corrected chi connectivity index (χ2v) is 4.61. The monoisotopic (exact) mass is 278 g/mol. The molecule has 0 bridgehead atoms. The largest absolute Gasteiger partial charge is 0.362 e. The van der Waals surface area contributed by atoms with Crippen LogP contribution in [0.2, 0.25) is 0 Å². The summed E-state index contributed by atoms with van der Waals surface area (Å²) in [5.41, 5.74) is 1.80. The fraction of sp³-hybridized carbons (Fsp3) is 0.467. The number of carbonyl (C=O) groups excluding carboxylic acids is 2. The zero-order valence-corrected chi connectivity index (χ0v) is 12.1. The average molecular weight is 278 g/mol. The molecule has 1 aromatic carbocycles. The first-order valence-electron chi connectivity index (χ1n) is 6.82. The number of aryl methyl sites for hydroxylation is 1. The summed E-state index contributed by atoms with van der Waals surface area (Å²) in [4.78, 5) is 22.9. The van der Waals surface area contributed by atoms with Gasteiger partial charge in [0.2, 0.25) is 11.8 Å². The molecule has 0 atom stereocenters. The molecule has 0 aliphatic heterocycles. The highest BCUT2D eigenvalue weighted by Crippen LogP contribution is 2.08. The van der Waals surface area contributed by atoms with Gasteiger partial charge in [-0.2, -0.15) is 0 Å². The SMILES string of the molecule is CCCCNC(=O)COCC(=O)Nc1cccc(C)c1. The average Bonchev–Trinajstić information content (AvgIpc) is 2.39. The fourth-order valence-corrected chi connectivity index (χ4v) is 1.61. The third kappa shape index (κ3) is 6.89. The molecule has 0 heterocycles. The minimum Gasteiger partial charge on any atom is -0.362 e. The highest BCUT2D eigenvalue weighted by molar-refractivity contribution is 5.91. The van der Waals surface area contributed by atoms with Crippen LogP contribution in [0.25, 0.3) is 0 Å². The first kappa shape index (κ1) is 16.2. The minimum absolute atomic E-state index is 0.0923. The quantitative estimate of drug-likeness (QED) is 0.713. The molecule has 1 rings (SSSR count). The van der Waals surface area contributed by atoms with Gasteiger partial charge in [0.15, 0.2) is 0 Å². The molecule has 0 radical (unpaired) electrons. The Kier molecular flexibility index (Phi) is 7.35. The van der Waals surface area contributed by atoms with Crippen LogP contribution in [0, 0.1) is 6.92 Å². The molecule has 110 valence electrons. The predicted molar refractivity (Wildman–Crippen MR) is 78.5 cm³/mol. The molecule has 0 saturated carbocycles. The van der Waals surface area contributed by atoms with Crippen LogP contribution < -0.4 is 10.6 Å². The van der Waals surface area contributed by atoms with Gasteiger partial charge in [0, 0.05) is 12.2 Å². The Bertz CT molecular complexity index is 446. The van der Waals surface area contributed by atoms with Crippen molar-refractivity contribution >= 4 is 17.5 Å². The van der Waals surface area contributed by atoms with E-state index in [1.807, 2.05) is 31.2 Å². The van der Waals surface area contributed by atoms with E-state index >= 15 is 0 Å². The second-order valence-electron chi connectivity index (χ2n) is 4.61. The van der Waals surface area contributed by atoms with Gasteiger partial charge in [0.05, 0.1) is 0 Å². The Labute approximate surface area is 119 Å². The Hall–Kier alpha value is -1.88. The molecule has 0 fully saturated rings. The molecule has 0 aliphatic carbocycles. The van der Waals surface area contributed by atoms with Crippen molar-refractivity contribution in [2.24, 2.45) is 0 Å². The number of rotatable bonds is 8. The lowest BCUT2D eigenvalue weighted by atomic mass is 10.2. The zero-order valence-electron chi connectivity index (χ0n) is 12.1. The maximum atomic E-state index is 11.6. The van der Waals surface area contributed by atoms with Gasteiger partial charge < -0.3 is 15.4 Å². The lowest BCUT2D eigenvalue weighted by molar-refractivity contribution is -0.128. The van der Waals surface area contributed by atoms with Crippen LogP contribution in [0.1, 0.15) is 25.3 Å². The van der Waals surface area contributed by atoms with Crippen molar-refractivity contribution in [1.29, 1.82) is 0 Å². The van der Waals surface area contributed by atoms with Gasteiger partial charge >= 0.3 is 0 Å². The highest BCUT2D eigenvalue weighted by Gasteiger charge is 2.05. The van der Waals surface area contributed by atoms with Crippen LogP contribution in [0.3, 0.4) is 0 Å². The summed E-state index contributed by atoms with van der Waals surface area (Å²) in [6.45, 7) is 4.43.